The maximum atomic E-state index is 12.1. The van der Waals surface area contributed by atoms with E-state index < -0.39 is 0 Å². The van der Waals surface area contributed by atoms with Crippen LogP contribution >= 0.6 is 0 Å². The number of para-hydroxylation sites is 1. The van der Waals surface area contributed by atoms with Gasteiger partial charge in [-0.2, -0.15) is 0 Å². The fraction of sp³-hybridized carbons (Fsp3) is 0.381. The summed E-state index contributed by atoms with van der Waals surface area (Å²) in [5.74, 6) is 0.728. The molecule has 140 valence electrons. The Hall–Kier alpha value is -2.69. The molecule has 2 rings (SSSR count). The molecule has 0 saturated carbocycles. The first-order chi connectivity index (χ1) is 12.6. The summed E-state index contributed by atoms with van der Waals surface area (Å²) in [7, 11) is 1.63. The molecule has 2 aromatic rings. The van der Waals surface area contributed by atoms with Gasteiger partial charge >= 0.3 is 0 Å². The molecule has 2 aromatic carbocycles. The molecule has 5 nitrogen and oxygen atoms in total. The van der Waals surface area contributed by atoms with Crippen LogP contribution in [0, 0.1) is 6.92 Å². The minimum atomic E-state index is -0.0527. The first-order valence-corrected chi connectivity index (χ1v) is 9.07. The molecule has 0 aliphatic heterocycles. The van der Waals surface area contributed by atoms with Crippen molar-refractivity contribution in [3.8, 4) is 5.75 Å². The standard InChI is InChI=1S/C21H29N3O2/c1-5-24(6-2)18-11-12-19(16(3)13-18)22-15-21(25)23-14-17-9-7-8-10-20(17)26-4/h7-13,22H,5-6,14-15H2,1-4H3,(H,23,25). The number of ether oxygens (including phenoxy) is 1. The maximum Gasteiger partial charge on any atom is 0.239 e. The molecule has 0 aromatic heterocycles. The monoisotopic (exact) mass is 355 g/mol. The van der Waals surface area contributed by atoms with Crippen LogP contribution in [0.1, 0.15) is 25.0 Å². The lowest BCUT2D eigenvalue weighted by Crippen LogP contribution is -2.29. The Balaban J connectivity index is 1.89. The van der Waals surface area contributed by atoms with Crippen molar-refractivity contribution in [2.24, 2.45) is 0 Å². The van der Waals surface area contributed by atoms with Crippen LogP contribution in [0.15, 0.2) is 42.5 Å². The molecule has 0 atom stereocenters. The molecular formula is C21H29N3O2. The van der Waals surface area contributed by atoms with Gasteiger partial charge in [-0.1, -0.05) is 18.2 Å². The number of methoxy groups -OCH3 is 1. The van der Waals surface area contributed by atoms with E-state index in [4.69, 9.17) is 4.74 Å². The minimum Gasteiger partial charge on any atom is -0.496 e. The highest BCUT2D eigenvalue weighted by Crippen LogP contribution is 2.22. The molecule has 0 aliphatic carbocycles. The van der Waals surface area contributed by atoms with Gasteiger partial charge in [0.25, 0.3) is 0 Å². The highest BCUT2D eigenvalue weighted by Gasteiger charge is 2.08. The molecule has 2 N–H and O–H groups in total. The van der Waals surface area contributed by atoms with Crippen molar-refractivity contribution in [2.75, 3.05) is 37.0 Å². The van der Waals surface area contributed by atoms with Gasteiger partial charge in [0.1, 0.15) is 5.75 Å². The Labute approximate surface area is 156 Å². The van der Waals surface area contributed by atoms with Crippen LogP contribution in [0.2, 0.25) is 0 Å². The molecule has 26 heavy (non-hydrogen) atoms. The van der Waals surface area contributed by atoms with Crippen LogP contribution in [-0.2, 0) is 11.3 Å². The Morgan fingerprint density at radius 2 is 1.85 bits per heavy atom. The molecule has 0 saturated heterocycles. The number of hydrogen-bond acceptors (Lipinski definition) is 4. The molecule has 0 fully saturated rings. The predicted octanol–water partition coefficient (Wildman–Crippen LogP) is 3.58. The van der Waals surface area contributed by atoms with Gasteiger partial charge in [-0.05, 0) is 50.6 Å². The van der Waals surface area contributed by atoms with Gasteiger partial charge in [0.05, 0.1) is 13.7 Å². The van der Waals surface area contributed by atoms with Gasteiger partial charge in [0.15, 0.2) is 0 Å². The van der Waals surface area contributed by atoms with Crippen molar-refractivity contribution in [1.29, 1.82) is 0 Å². The average Bonchev–Trinajstić information content (AvgIpc) is 2.66. The summed E-state index contributed by atoms with van der Waals surface area (Å²) in [4.78, 5) is 14.4. The number of aryl methyl sites for hydroxylation is 1. The van der Waals surface area contributed by atoms with E-state index in [1.54, 1.807) is 7.11 Å². The highest BCUT2D eigenvalue weighted by molar-refractivity contribution is 5.81. The topological polar surface area (TPSA) is 53.6 Å². The highest BCUT2D eigenvalue weighted by atomic mass is 16.5. The van der Waals surface area contributed by atoms with Crippen molar-refractivity contribution in [2.45, 2.75) is 27.3 Å². The Kier molecular flexibility index (Phi) is 7.33. The van der Waals surface area contributed by atoms with Crippen LogP contribution in [0.3, 0.4) is 0 Å². The summed E-state index contributed by atoms with van der Waals surface area (Å²) in [5.41, 5.74) is 4.28. The smallest absolute Gasteiger partial charge is 0.239 e. The zero-order valence-corrected chi connectivity index (χ0v) is 16.1. The molecule has 0 heterocycles. The van der Waals surface area contributed by atoms with E-state index in [9.17, 15) is 4.79 Å². The van der Waals surface area contributed by atoms with Crippen molar-refractivity contribution in [3.63, 3.8) is 0 Å². The van der Waals surface area contributed by atoms with Crippen molar-refractivity contribution in [1.82, 2.24) is 5.32 Å². The van der Waals surface area contributed by atoms with Gasteiger partial charge in [-0.15, -0.1) is 0 Å². The second-order valence-corrected chi connectivity index (χ2v) is 6.11. The van der Waals surface area contributed by atoms with Crippen molar-refractivity contribution < 1.29 is 9.53 Å². The fourth-order valence-corrected chi connectivity index (χ4v) is 2.91. The quantitative estimate of drug-likeness (QED) is 0.722. The zero-order valence-electron chi connectivity index (χ0n) is 16.1. The van der Waals surface area contributed by atoms with E-state index in [1.807, 2.05) is 30.3 Å². The first-order valence-electron chi connectivity index (χ1n) is 9.07. The Morgan fingerprint density at radius 3 is 2.50 bits per heavy atom. The third kappa shape index (κ3) is 5.15. The number of carbonyl (C=O) groups excluding carboxylic acids is 1. The summed E-state index contributed by atoms with van der Waals surface area (Å²) in [5, 5.41) is 6.14. The van der Waals surface area contributed by atoms with Gasteiger partial charge in [-0.25, -0.2) is 0 Å². The summed E-state index contributed by atoms with van der Waals surface area (Å²) in [6.45, 7) is 9.00. The van der Waals surface area contributed by atoms with Gasteiger partial charge in [0.2, 0.25) is 5.91 Å². The average molecular weight is 355 g/mol. The molecule has 0 radical (unpaired) electrons. The number of benzene rings is 2. The van der Waals surface area contributed by atoms with E-state index in [2.05, 4.69) is 48.4 Å². The minimum absolute atomic E-state index is 0.0527. The third-order valence-corrected chi connectivity index (χ3v) is 4.45. The number of amides is 1. The SMILES string of the molecule is CCN(CC)c1ccc(NCC(=O)NCc2ccccc2OC)c(C)c1. The second kappa shape index (κ2) is 9.70. The normalized spacial score (nSPS) is 10.3. The fourth-order valence-electron chi connectivity index (χ4n) is 2.91. The molecule has 0 spiro atoms. The number of rotatable bonds is 9. The van der Waals surface area contributed by atoms with Crippen LogP contribution in [-0.4, -0.2) is 32.7 Å². The van der Waals surface area contributed by atoms with E-state index >= 15 is 0 Å². The largest absolute Gasteiger partial charge is 0.496 e. The lowest BCUT2D eigenvalue weighted by atomic mass is 10.1. The second-order valence-electron chi connectivity index (χ2n) is 6.11. The van der Waals surface area contributed by atoms with Gasteiger partial charge in [-0.3, -0.25) is 4.79 Å². The Morgan fingerprint density at radius 1 is 1.12 bits per heavy atom. The van der Waals surface area contributed by atoms with Gasteiger partial charge < -0.3 is 20.3 Å². The summed E-state index contributed by atoms with van der Waals surface area (Å²) in [6, 6.07) is 14.0. The molecular weight excluding hydrogens is 326 g/mol. The lowest BCUT2D eigenvalue weighted by Gasteiger charge is -2.22. The summed E-state index contributed by atoms with van der Waals surface area (Å²) in [6.07, 6.45) is 0. The van der Waals surface area contributed by atoms with E-state index in [0.29, 0.717) is 6.54 Å². The molecule has 0 unspecified atom stereocenters. The van der Waals surface area contributed by atoms with Gasteiger partial charge in [0, 0.05) is 36.6 Å². The molecule has 5 heteroatoms. The number of carbonyl (C=O) groups is 1. The number of anilines is 2. The van der Waals surface area contributed by atoms with Crippen LogP contribution < -0.4 is 20.3 Å². The zero-order chi connectivity index (χ0) is 18.9. The van der Waals surface area contributed by atoms with E-state index in [0.717, 1.165) is 35.7 Å². The van der Waals surface area contributed by atoms with Crippen LogP contribution in [0.4, 0.5) is 11.4 Å². The number of nitrogens with one attached hydrogen (secondary N) is 2. The number of nitrogens with zero attached hydrogens (tertiary/aromatic N) is 1. The molecule has 1 amide bonds. The van der Waals surface area contributed by atoms with Crippen LogP contribution in [0.5, 0.6) is 5.75 Å². The maximum absolute atomic E-state index is 12.1. The Bertz CT molecular complexity index is 727. The molecule has 0 bridgehead atoms. The van der Waals surface area contributed by atoms with E-state index in [-0.39, 0.29) is 12.5 Å². The molecule has 0 aliphatic rings. The first kappa shape index (κ1) is 19.6. The van der Waals surface area contributed by atoms with Crippen molar-refractivity contribution >= 4 is 17.3 Å². The number of hydrogen-bond donors (Lipinski definition) is 2. The summed E-state index contributed by atoms with van der Waals surface area (Å²) >= 11 is 0. The summed E-state index contributed by atoms with van der Waals surface area (Å²) < 4.78 is 5.30. The lowest BCUT2D eigenvalue weighted by molar-refractivity contribution is -0.119. The van der Waals surface area contributed by atoms with Crippen molar-refractivity contribution in [3.05, 3.63) is 53.6 Å². The van der Waals surface area contributed by atoms with E-state index in [1.165, 1.54) is 5.69 Å². The third-order valence-electron chi connectivity index (χ3n) is 4.45. The van der Waals surface area contributed by atoms with Crippen LogP contribution in [0.25, 0.3) is 0 Å². The predicted molar refractivity (Wildman–Crippen MR) is 108 cm³/mol.